The molecule has 0 spiro atoms. The van der Waals surface area contributed by atoms with Gasteiger partial charge in [-0.1, -0.05) is 31.5 Å². The van der Waals surface area contributed by atoms with E-state index >= 15 is 0 Å². The predicted molar refractivity (Wildman–Crippen MR) is 92.8 cm³/mol. The van der Waals surface area contributed by atoms with E-state index in [0.717, 1.165) is 24.8 Å². The Morgan fingerprint density at radius 2 is 1.92 bits per heavy atom. The Labute approximate surface area is 144 Å². The summed E-state index contributed by atoms with van der Waals surface area (Å²) in [6.45, 7) is 6.24. The van der Waals surface area contributed by atoms with E-state index in [1.807, 2.05) is 19.1 Å². The molecule has 2 unspecified atom stereocenters. The summed E-state index contributed by atoms with van der Waals surface area (Å²) in [6.07, 6.45) is 3.51. The van der Waals surface area contributed by atoms with Crippen LogP contribution in [0.15, 0.2) is 24.3 Å². The summed E-state index contributed by atoms with van der Waals surface area (Å²) in [5.74, 6) is -0.123. The molecule has 0 bridgehead atoms. The predicted octanol–water partition coefficient (Wildman–Crippen LogP) is 4.30. The van der Waals surface area contributed by atoms with Gasteiger partial charge in [0.2, 0.25) is 0 Å². The summed E-state index contributed by atoms with van der Waals surface area (Å²) in [5, 5.41) is 0. The average Bonchev–Trinajstić information content (AvgIpc) is 2.96. The second-order valence-electron chi connectivity index (χ2n) is 7.23. The van der Waals surface area contributed by atoms with Crippen molar-refractivity contribution in [3.63, 3.8) is 0 Å². The Balaban J connectivity index is 2.17. The molecule has 1 aliphatic rings. The van der Waals surface area contributed by atoms with Crippen LogP contribution in [0.3, 0.4) is 0 Å². The van der Waals surface area contributed by atoms with Crippen LogP contribution in [-0.2, 0) is 14.3 Å². The molecule has 0 saturated heterocycles. The highest BCUT2D eigenvalue weighted by molar-refractivity contribution is 5.90. The van der Waals surface area contributed by atoms with E-state index in [1.54, 1.807) is 12.1 Å². The fraction of sp³-hybridized carbons (Fsp3) is 0.600. The zero-order chi connectivity index (χ0) is 17.7. The zero-order valence-electron chi connectivity index (χ0n) is 15.1. The average molecular weight is 332 g/mol. The van der Waals surface area contributed by atoms with Gasteiger partial charge in [0, 0.05) is 0 Å². The van der Waals surface area contributed by atoms with E-state index in [1.165, 1.54) is 7.11 Å². The van der Waals surface area contributed by atoms with Gasteiger partial charge in [-0.3, -0.25) is 4.79 Å². The lowest BCUT2D eigenvalue weighted by Crippen LogP contribution is -2.42. The fourth-order valence-corrected chi connectivity index (χ4v) is 3.47. The van der Waals surface area contributed by atoms with Gasteiger partial charge in [0.1, 0.15) is 11.5 Å². The number of carbonyl (C=O) groups excluding carboxylic acids is 2. The number of hydrogen-bond acceptors (Lipinski definition) is 4. The number of carbonyl (C=O) groups is 2. The number of aryl methyl sites for hydroxylation is 1. The van der Waals surface area contributed by atoms with Gasteiger partial charge in [0.25, 0.3) is 0 Å². The van der Waals surface area contributed by atoms with Crippen molar-refractivity contribution in [2.45, 2.75) is 59.0 Å². The Hall–Kier alpha value is -1.84. The number of esters is 2. The largest absolute Gasteiger partial charge is 0.468 e. The quantitative estimate of drug-likeness (QED) is 0.729. The number of rotatable bonds is 6. The highest BCUT2D eigenvalue weighted by atomic mass is 16.6. The Morgan fingerprint density at radius 3 is 2.50 bits per heavy atom. The maximum absolute atomic E-state index is 12.5. The van der Waals surface area contributed by atoms with Crippen LogP contribution in [0.25, 0.3) is 0 Å². The van der Waals surface area contributed by atoms with Crippen molar-refractivity contribution in [3.05, 3.63) is 35.4 Å². The lowest BCUT2D eigenvalue weighted by molar-refractivity contribution is -0.159. The first-order valence-corrected chi connectivity index (χ1v) is 8.75. The van der Waals surface area contributed by atoms with Crippen molar-refractivity contribution in [2.24, 2.45) is 11.3 Å². The van der Waals surface area contributed by atoms with Crippen molar-refractivity contribution < 1.29 is 19.1 Å². The molecule has 0 heterocycles. The maximum Gasteiger partial charge on any atom is 0.338 e. The molecule has 0 N–H and O–H groups in total. The highest BCUT2D eigenvalue weighted by Gasteiger charge is 2.51. The Morgan fingerprint density at radius 1 is 1.25 bits per heavy atom. The minimum atomic E-state index is -0.695. The molecular formula is C20H28O4. The monoisotopic (exact) mass is 332 g/mol. The van der Waals surface area contributed by atoms with Crippen LogP contribution >= 0.6 is 0 Å². The summed E-state index contributed by atoms with van der Waals surface area (Å²) >= 11 is 0. The molecule has 0 aromatic heterocycles. The summed E-state index contributed by atoms with van der Waals surface area (Å²) in [4.78, 5) is 25.0. The molecule has 4 nitrogen and oxygen atoms in total. The van der Waals surface area contributed by atoms with Crippen LogP contribution < -0.4 is 0 Å². The van der Waals surface area contributed by atoms with E-state index in [9.17, 15) is 9.59 Å². The first-order valence-electron chi connectivity index (χ1n) is 8.75. The number of ether oxygens (including phenoxy) is 2. The van der Waals surface area contributed by atoms with Crippen molar-refractivity contribution in [1.82, 2.24) is 0 Å². The van der Waals surface area contributed by atoms with Crippen LogP contribution in [0.5, 0.6) is 0 Å². The number of benzene rings is 1. The smallest absolute Gasteiger partial charge is 0.338 e. The zero-order valence-corrected chi connectivity index (χ0v) is 15.1. The molecule has 2 rings (SSSR count). The normalized spacial score (nSPS) is 23.3. The summed E-state index contributed by atoms with van der Waals surface area (Å²) in [5.41, 5.74) is 0.919. The highest BCUT2D eigenvalue weighted by Crippen LogP contribution is 2.46. The third-order valence-corrected chi connectivity index (χ3v) is 5.00. The minimum Gasteiger partial charge on any atom is -0.468 e. The van der Waals surface area contributed by atoms with Gasteiger partial charge < -0.3 is 9.47 Å². The molecule has 4 heteroatoms. The molecule has 2 atom stereocenters. The van der Waals surface area contributed by atoms with Gasteiger partial charge in [-0.2, -0.15) is 0 Å². The second kappa shape index (κ2) is 7.82. The first kappa shape index (κ1) is 18.5. The summed E-state index contributed by atoms with van der Waals surface area (Å²) in [7, 11) is 1.41. The molecule has 0 aliphatic heterocycles. The molecule has 1 aromatic rings. The molecule has 1 fully saturated rings. The van der Waals surface area contributed by atoms with E-state index in [4.69, 9.17) is 9.47 Å². The van der Waals surface area contributed by atoms with Crippen LogP contribution in [0.4, 0.5) is 0 Å². The van der Waals surface area contributed by atoms with Crippen molar-refractivity contribution in [1.29, 1.82) is 0 Å². The summed E-state index contributed by atoms with van der Waals surface area (Å²) in [6, 6.07) is 7.30. The summed E-state index contributed by atoms with van der Waals surface area (Å²) < 4.78 is 10.8. The van der Waals surface area contributed by atoms with E-state index in [-0.39, 0.29) is 11.9 Å². The number of hydrogen-bond donors (Lipinski definition) is 0. The molecule has 24 heavy (non-hydrogen) atoms. The lowest BCUT2D eigenvalue weighted by Gasteiger charge is -2.32. The van der Waals surface area contributed by atoms with E-state index in [0.29, 0.717) is 24.3 Å². The molecule has 1 aliphatic carbocycles. The standard InChI is InChI=1S/C20H28O4/c1-14(2)11-13-20(19(22)23-4)12-5-6-17(20)24-18(21)16-9-7-15(3)8-10-16/h7-10,14,17H,5-6,11-13H2,1-4H3. The SMILES string of the molecule is COC(=O)C1(CCC(C)C)CCCC1OC(=O)c1ccc(C)cc1. The minimum absolute atomic E-state index is 0.248. The van der Waals surface area contributed by atoms with E-state index < -0.39 is 11.5 Å². The molecule has 0 radical (unpaired) electrons. The van der Waals surface area contributed by atoms with Gasteiger partial charge in [-0.05, 0) is 57.1 Å². The van der Waals surface area contributed by atoms with Gasteiger partial charge in [0.15, 0.2) is 0 Å². The van der Waals surface area contributed by atoms with Crippen LogP contribution in [-0.4, -0.2) is 25.2 Å². The third kappa shape index (κ3) is 3.97. The van der Waals surface area contributed by atoms with Gasteiger partial charge >= 0.3 is 11.9 Å². The van der Waals surface area contributed by atoms with Gasteiger partial charge in [-0.25, -0.2) is 4.79 Å². The first-order chi connectivity index (χ1) is 11.4. The second-order valence-corrected chi connectivity index (χ2v) is 7.23. The topological polar surface area (TPSA) is 52.6 Å². The van der Waals surface area contributed by atoms with Crippen LogP contribution in [0.2, 0.25) is 0 Å². The maximum atomic E-state index is 12.5. The van der Waals surface area contributed by atoms with Crippen LogP contribution in [0.1, 0.15) is 61.9 Å². The molecule has 132 valence electrons. The van der Waals surface area contributed by atoms with Crippen molar-refractivity contribution >= 4 is 11.9 Å². The molecule has 1 saturated carbocycles. The molecule has 0 amide bonds. The molecule has 1 aromatic carbocycles. The lowest BCUT2D eigenvalue weighted by atomic mass is 9.78. The Kier molecular flexibility index (Phi) is 6.03. The third-order valence-electron chi connectivity index (χ3n) is 5.00. The van der Waals surface area contributed by atoms with Gasteiger partial charge in [0.05, 0.1) is 12.7 Å². The van der Waals surface area contributed by atoms with Crippen LogP contribution in [0, 0.1) is 18.3 Å². The Bertz CT molecular complexity index is 576. The van der Waals surface area contributed by atoms with Crippen molar-refractivity contribution in [3.8, 4) is 0 Å². The van der Waals surface area contributed by atoms with E-state index in [2.05, 4.69) is 13.8 Å². The van der Waals surface area contributed by atoms with Crippen molar-refractivity contribution in [2.75, 3.05) is 7.11 Å². The fourth-order valence-electron chi connectivity index (χ4n) is 3.47. The molecular weight excluding hydrogens is 304 g/mol. The van der Waals surface area contributed by atoms with Gasteiger partial charge in [-0.15, -0.1) is 0 Å². The number of methoxy groups -OCH3 is 1.